The summed E-state index contributed by atoms with van der Waals surface area (Å²) in [6, 6.07) is 7.28. The van der Waals surface area contributed by atoms with Gasteiger partial charge >= 0.3 is 0 Å². The van der Waals surface area contributed by atoms with Crippen LogP contribution in [0.4, 0.5) is 0 Å². The molecule has 0 aliphatic carbocycles. The predicted octanol–water partition coefficient (Wildman–Crippen LogP) is 3.43. The second-order valence-corrected chi connectivity index (χ2v) is 9.07. The lowest BCUT2D eigenvalue weighted by atomic mass is 10.1. The highest BCUT2D eigenvalue weighted by molar-refractivity contribution is 7.10. The standard InChI is InChI=1S/C22H35N5OS2/c1-4-26(5-2)19(18-8-14-29-17-18)15-24-22(23-3)25-16-20(21-7-6-13-30-21)27-9-11-28-12-10-27/h6-8,13-14,17,19-20H,4-5,9-12,15-16H2,1-3H3,(H2,23,24,25). The smallest absolute Gasteiger partial charge is 0.191 e. The van der Waals surface area contributed by atoms with Crippen LogP contribution < -0.4 is 10.6 Å². The van der Waals surface area contributed by atoms with Crippen molar-refractivity contribution in [3.05, 3.63) is 44.8 Å². The number of morpholine rings is 1. The number of ether oxygens (including phenoxy) is 1. The van der Waals surface area contributed by atoms with Crippen molar-refractivity contribution in [2.45, 2.75) is 25.9 Å². The fraction of sp³-hybridized carbons (Fsp3) is 0.591. The molecule has 0 spiro atoms. The molecule has 0 amide bonds. The lowest BCUT2D eigenvalue weighted by molar-refractivity contribution is 0.0177. The summed E-state index contributed by atoms with van der Waals surface area (Å²) in [6.45, 7) is 11.7. The van der Waals surface area contributed by atoms with Gasteiger partial charge in [-0.25, -0.2) is 0 Å². The molecule has 30 heavy (non-hydrogen) atoms. The summed E-state index contributed by atoms with van der Waals surface area (Å²) < 4.78 is 5.56. The average Bonchev–Trinajstić information content (AvgIpc) is 3.50. The van der Waals surface area contributed by atoms with E-state index in [-0.39, 0.29) is 0 Å². The van der Waals surface area contributed by atoms with E-state index in [0.717, 1.165) is 58.4 Å². The summed E-state index contributed by atoms with van der Waals surface area (Å²) >= 11 is 3.58. The lowest BCUT2D eigenvalue weighted by Crippen LogP contribution is -2.47. The first-order valence-corrected chi connectivity index (χ1v) is 12.6. The predicted molar refractivity (Wildman–Crippen MR) is 129 cm³/mol. The SMILES string of the molecule is CCN(CC)C(CNC(=NC)NCC(c1cccs1)N1CCOCC1)c1ccsc1. The molecule has 1 saturated heterocycles. The molecule has 1 fully saturated rings. The Balaban J connectivity index is 1.61. The van der Waals surface area contributed by atoms with Gasteiger partial charge in [0.25, 0.3) is 0 Å². The van der Waals surface area contributed by atoms with E-state index in [1.165, 1.54) is 10.4 Å². The van der Waals surface area contributed by atoms with Crippen molar-refractivity contribution in [3.63, 3.8) is 0 Å². The summed E-state index contributed by atoms with van der Waals surface area (Å²) in [4.78, 5) is 10.9. The number of nitrogens with one attached hydrogen (secondary N) is 2. The van der Waals surface area contributed by atoms with E-state index in [0.29, 0.717) is 12.1 Å². The average molecular weight is 450 g/mol. The topological polar surface area (TPSA) is 52.1 Å². The van der Waals surface area contributed by atoms with Crippen LogP contribution in [-0.2, 0) is 4.74 Å². The molecule has 6 nitrogen and oxygen atoms in total. The molecule has 1 aliphatic heterocycles. The molecule has 3 rings (SSSR count). The Morgan fingerprint density at radius 2 is 1.93 bits per heavy atom. The number of guanidine groups is 1. The largest absolute Gasteiger partial charge is 0.379 e. The number of rotatable bonds is 10. The lowest BCUT2D eigenvalue weighted by Gasteiger charge is -2.34. The van der Waals surface area contributed by atoms with E-state index in [4.69, 9.17) is 4.74 Å². The fourth-order valence-electron chi connectivity index (χ4n) is 3.97. The Morgan fingerprint density at radius 3 is 2.53 bits per heavy atom. The Kier molecular flexibility index (Phi) is 9.61. The number of hydrogen-bond acceptors (Lipinski definition) is 6. The first-order chi connectivity index (χ1) is 14.8. The molecule has 2 unspecified atom stereocenters. The molecule has 2 atom stereocenters. The second-order valence-electron chi connectivity index (χ2n) is 7.31. The zero-order valence-corrected chi connectivity index (χ0v) is 20.0. The highest BCUT2D eigenvalue weighted by Gasteiger charge is 2.24. The minimum Gasteiger partial charge on any atom is -0.379 e. The van der Waals surface area contributed by atoms with Crippen molar-refractivity contribution in [2.24, 2.45) is 4.99 Å². The van der Waals surface area contributed by atoms with Crippen LogP contribution in [0.3, 0.4) is 0 Å². The maximum atomic E-state index is 5.56. The summed E-state index contributed by atoms with van der Waals surface area (Å²) in [5.74, 6) is 0.859. The summed E-state index contributed by atoms with van der Waals surface area (Å²) in [7, 11) is 1.85. The van der Waals surface area contributed by atoms with Crippen LogP contribution in [0.1, 0.15) is 36.4 Å². The Hall–Kier alpha value is -1.45. The highest BCUT2D eigenvalue weighted by Crippen LogP contribution is 2.25. The third-order valence-corrected chi connectivity index (χ3v) is 7.36. The van der Waals surface area contributed by atoms with Crippen molar-refractivity contribution >= 4 is 28.6 Å². The zero-order valence-electron chi connectivity index (χ0n) is 18.3. The third-order valence-electron chi connectivity index (χ3n) is 5.69. The van der Waals surface area contributed by atoms with E-state index in [9.17, 15) is 0 Å². The number of aliphatic imine (C=N–C) groups is 1. The monoisotopic (exact) mass is 449 g/mol. The molecule has 8 heteroatoms. The fourth-order valence-corrected chi connectivity index (χ4v) is 5.54. The summed E-state index contributed by atoms with van der Waals surface area (Å²) in [5, 5.41) is 13.7. The van der Waals surface area contributed by atoms with E-state index in [1.807, 2.05) is 18.4 Å². The molecule has 3 heterocycles. The van der Waals surface area contributed by atoms with Gasteiger partial charge in [-0.2, -0.15) is 11.3 Å². The molecular weight excluding hydrogens is 414 g/mol. The summed E-state index contributed by atoms with van der Waals surface area (Å²) in [5.41, 5.74) is 1.37. The molecule has 2 aromatic heterocycles. The van der Waals surface area contributed by atoms with Crippen LogP contribution >= 0.6 is 22.7 Å². The Labute approximate surface area is 189 Å². The molecule has 2 aromatic rings. The maximum Gasteiger partial charge on any atom is 0.191 e. The first-order valence-electron chi connectivity index (χ1n) is 10.8. The van der Waals surface area contributed by atoms with Gasteiger partial charge in [-0.3, -0.25) is 14.8 Å². The third kappa shape index (κ3) is 6.28. The normalized spacial score (nSPS) is 17.8. The second kappa shape index (κ2) is 12.4. The van der Waals surface area contributed by atoms with Crippen molar-refractivity contribution in [2.75, 3.05) is 59.5 Å². The van der Waals surface area contributed by atoms with Crippen molar-refractivity contribution in [1.82, 2.24) is 20.4 Å². The molecule has 166 valence electrons. The molecule has 0 aromatic carbocycles. The quantitative estimate of drug-likeness (QED) is 0.430. The van der Waals surface area contributed by atoms with Crippen LogP contribution in [0.5, 0.6) is 0 Å². The van der Waals surface area contributed by atoms with Gasteiger partial charge in [0.2, 0.25) is 0 Å². The minimum absolute atomic E-state index is 0.336. The first kappa shape index (κ1) is 23.2. The molecule has 0 saturated carbocycles. The Bertz CT molecular complexity index is 725. The molecule has 1 aliphatic rings. The van der Waals surface area contributed by atoms with Gasteiger partial charge in [-0.15, -0.1) is 11.3 Å². The van der Waals surface area contributed by atoms with Crippen molar-refractivity contribution < 1.29 is 4.74 Å². The van der Waals surface area contributed by atoms with Crippen LogP contribution in [0.15, 0.2) is 39.3 Å². The molecule has 0 radical (unpaired) electrons. The van der Waals surface area contributed by atoms with Crippen LogP contribution in [0, 0.1) is 0 Å². The van der Waals surface area contributed by atoms with Gasteiger partial charge < -0.3 is 15.4 Å². The van der Waals surface area contributed by atoms with Gasteiger partial charge in [-0.1, -0.05) is 19.9 Å². The molecule has 2 N–H and O–H groups in total. The number of thiophene rings is 2. The van der Waals surface area contributed by atoms with E-state index < -0.39 is 0 Å². The number of nitrogens with zero attached hydrogens (tertiary/aromatic N) is 3. The highest BCUT2D eigenvalue weighted by atomic mass is 32.1. The molecular formula is C22H35N5OS2. The van der Waals surface area contributed by atoms with Gasteiger partial charge in [0.15, 0.2) is 5.96 Å². The van der Waals surface area contributed by atoms with Crippen molar-refractivity contribution in [3.8, 4) is 0 Å². The van der Waals surface area contributed by atoms with E-state index >= 15 is 0 Å². The summed E-state index contributed by atoms with van der Waals surface area (Å²) in [6.07, 6.45) is 0. The van der Waals surface area contributed by atoms with Crippen LogP contribution in [-0.4, -0.2) is 75.3 Å². The van der Waals surface area contributed by atoms with Gasteiger partial charge in [0.05, 0.1) is 25.3 Å². The minimum atomic E-state index is 0.336. The molecule has 0 bridgehead atoms. The van der Waals surface area contributed by atoms with Gasteiger partial charge in [-0.05, 0) is 46.9 Å². The van der Waals surface area contributed by atoms with Gasteiger partial charge in [0.1, 0.15) is 0 Å². The van der Waals surface area contributed by atoms with Crippen LogP contribution in [0.2, 0.25) is 0 Å². The maximum absolute atomic E-state index is 5.56. The van der Waals surface area contributed by atoms with Crippen molar-refractivity contribution in [1.29, 1.82) is 0 Å². The number of likely N-dealkylation sites (N-methyl/N-ethyl adjacent to an activating group) is 1. The van der Waals surface area contributed by atoms with E-state index in [2.05, 4.69) is 73.6 Å². The zero-order chi connectivity index (χ0) is 21.2. The Morgan fingerprint density at radius 1 is 1.17 bits per heavy atom. The van der Waals surface area contributed by atoms with E-state index in [1.54, 1.807) is 11.3 Å². The van der Waals surface area contributed by atoms with Gasteiger partial charge in [0, 0.05) is 38.1 Å². The number of hydrogen-bond donors (Lipinski definition) is 2. The van der Waals surface area contributed by atoms with Crippen LogP contribution in [0.25, 0.3) is 0 Å².